The standard InChI is InChI=1S/C18H25NO7/c1-3-24-16-8-13(4-5-15(16)26-11-17(20)21)18(22)19-12(2)9-25-14-6-7-23-10-14/h4-5,8,12,14H,3,6-7,9-11H2,1-2H3,(H,19,22)(H,20,21). The van der Waals surface area contributed by atoms with Crippen molar-refractivity contribution in [3.05, 3.63) is 23.8 Å². The maximum absolute atomic E-state index is 12.4. The smallest absolute Gasteiger partial charge is 0.341 e. The average molecular weight is 367 g/mol. The number of hydrogen-bond acceptors (Lipinski definition) is 6. The Morgan fingerprint density at radius 1 is 1.35 bits per heavy atom. The number of aliphatic carboxylic acids is 1. The zero-order valence-corrected chi connectivity index (χ0v) is 15.0. The first-order valence-electron chi connectivity index (χ1n) is 8.61. The van der Waals surface area contributed by atoms with Crippen molar-refractivity contribution in [2.45, 2.75) is 32.4 Å². The van der Waals surface area contributed by atoms with Crippen molar-refractivity contribution in [1.82, 2.24) is 5.32 Å². The van der Waals surface area contributed by atoms with Crippen LogP contribution in [0.3, 0.4) is 0 Å². The highest BCUT2D eigenvalue weighted by Gasteiger charge is 2.18. The molecule has 2 atom stereocenters. The van der Waals surface area contributed by atoms with Gasteiger partial charge in [0.15, 0.2) is 18.1 Å². The second kappa shape index (κ2) is 9.98. The number of carboxylic acids is 1. The van der Waals surface area contributed by atoms with Gasteiger partial charge in [-0.3, -0.25) is 4.79 Å². The number of carboxylic acid groups (broad SMARTS) is 1. The van der Waals surface area contributed by atoms with Gasteiger partial charge in [-0.05, 0) is 38.5 Å². The number of rotatable bonds is 10. The van der Waals surface area contributed by atoms with E-state index in [0.29, 0.717) is 37.7 Å². The van der Waals surface area contributed by atoms with E-state index < -0.39 is 12.6 Å². The van der Waals surface area contributed by atoms with E-state index in [4.69, 9.17) is 24.1 Å². The van der Waals surface area contributed by atoms with Crippen LogP contribution < -0.4 is 14.8 Å². The molecule has 2 rings (SSSR count). The van der Waals surface area contributed by atoms with Crippen LogP contribution in [0, 0.1) is 0 Å². The summed E-state index contributed by atoms with van der Waals surface area (Å²) in [5.74, 6) is -0.748. The largest absolute Gasteiger partial charge is 0.490 e. The molecule has 1 amide bonds. The van der Waals surface area contributed by atoms with Crippen LogP contribution in [-0.4, -0.2) is 62.2 Å². The third-order valence-electron chi connectivity index (χ3n) is 3.70. The molecule has 1 heterocycles. The molecule has 26 heavy (non-hydrogen) atoms. The van der Waals surface area contributed by atoms with Crippen molar-refractivity contribution >= 4 is 11.9 Å². The van der Waals surface area contributed by atoms with E-state index in [1.807, 2.05) is 6.92 Å². The van der Waals surface area contributed by atoms with Gasteiger partial charge in [0.05, 0.1) is 25.9 Å². The van der Waals surface area contributed by atoms with Crippen LogP contribution in [0.25, 0.3) is 0 Å². The van der Waals surface area contributed by atoms with Crippen molar-refractivity contribution in [2.75, 3.05) is 33.0 Å². The van der Waals surface area contributed by atoms with Gasteiger partial charge in [0.25, 0.3) is 5.91 Å². The zero-order chi connectivity index (χ0) is 18.9. The lowest BCUT2D eigenvalue weighted by Crippen LogP contribution is -2.37. The minimum Gasteiger partial charge on any atom is -0.490 e. The number of carbonyl (C=O) groups excluding carboxylic acids is 1. The summed E-state index contributed by atoms with van der Waals surface area (Å²) in [6.45, 7) is 5.24. The van der Waals surface area contributed by atoms with Crippen molar-refractivity contribution in [3.63, 3.8) is 0 Å². The molecule has 1 aliphatic heterocycles. The quantitative estimate of drug-likeness (QED) is 0.645. The summed E-state index contributed by atoms with van der Waals surface area (Å²) in [5, 5.41) is 11.6. The molecule has 1 aromatic rings. The van der Waals surface area contributed by atoms with Crippen molar-refractivity contribution in [3.8, 4) is 11.5 Å². The maximum atomic E-state index is 12.4. The molecule has 8 nitrogen and oxygen atoms in total. The third kappa shape index (κ3) is 6.20. The third-order valence-corrected chi connectivity index (χ3v) is 3.70. The van der Waals surface area contributed by atoms with E-state index in [1.165, 1.54) is 12.1 Å². The van der Waals surface area contributed by atoms with E-state index in [-0.39, 0.29) is 23.8 Å². The Morgan fingerprint density at radius 2 is 2.15 bits per heavy atom. The fourth-order valence-electron chi connectivity index (χ4n) is 2.45. The summed E-state index contributed by atoms with van der Waals surface area (Å²) >= 11 is 0. The molecular weight excluding hydrogens is 342 g/mol. The maximum Gasteiger partial charge on any atom is 0.341 e. The molecule has 2 N–H and O–H groups in total. The fourth-order valence-corrected chi connectivity index (χ4v) is 2.45. The first-order chi connectivity index (χ1) is 12.5. The number of nitrogens with one attached hydrogen (secondary N) is 1. The summed E-state index contributed by atoms with van der Waals surface area (Å²) in [6, 6.07) is 4.46. The van der Waals surface area contributed by atoms with Crippen LogP contribution >= 0.6 is 0 Å². The molecule has 0 saturated carbocycles. The van der Waals surface area contributed by atoms with Crippen LogP contribution in [-0.2, 0) is 14.3 Å². The number of ether oxygens (including phenoxy) is 4. The lowest BCUT2D eigenvalue weighted by molar-refractivity contribution is -0.139. The van der Waals surface area contributed by atoms with Gasteiger partial charge in [0, 0.05) is 18.2 Å². The summed E-state index contributed by atoms with van der Waals surface area (Å²) < 4.78 is 21.6. The normalized spacial score (nSPS) is 17.5. The minimum atomic E-state index is -1.09. The molecule has 0 radical (unpaired) electrons. The molecule has 0 bridgehead atoms. The van der Waals surface area contributed by atoms with E-state index in [1.54, 1.807) is 13.0 Å². The number of benzene rings is 1. The summed E-state index contributed by atoms with van der Waals surface area (Å²) in [5.41, 5.74) is 0.396. The fraction of sp³-hybridized carbons (Fsp3) is 0.556. The van der Waals surface area contributed by atoms with Crippen LogP contribution in [0.5, 0.6) is 11.5 Å². The summed E-state index contributed by atoms with van der Waals surface area (Å²) in [4.78, 5) is 23.0. The SMILES string of the molecule is CCOc1cc(C(=O)NC(C)COC2CCOC2)ccc1OCC(=O)O. The van der Waals surface area contributed by atoms with E-state index >= 15 is 0 Å². The van der Waals surface area contributed by atoms with Crippen LogP contribution in [0.1, 0.15) is 30.6 Å². The molecule has 0 spiro atoms. The molecule has 1 aromatic carbocycles. The summed E-state index contributed by atoms with van der Waals surface area (Å²) in [7, 11) is 0. The predicted molar refractivity (Wildman–Crippen MR) is 92.8 cm³/mol. The van der Waals surface area contributed by atoms with E-state index in [9.17, 15) is 9.59 Å². The Hall–Kier alpha value is -2.32. The highest BCUT2D eigenvalue weighted by atomic mass is 16.5. The Morgan fingerprint density at radius 3 is 2.81 bits per heavy atom. The van der Waals surface area contributed by atoms with Crippen LogP contribution in [0.15, 0.2) is 18.2 Å². The Bertz CT molecular complexity index is 614. The first kappa shape index (κ1) is 20.0. The average Bonchev–Trinajstić information content (AvgIpc) is 3.12. The van der Waals surface area contributed by atoms with Gasteiger partial charge in [-0.1, -0.05) is 0 Å². The predicted octanol–water partition coefficient (Wildman–Crippen LogP) is 1.47. The van der Waals surface area contributed by atoms with Crippen molar-refractivity contribution in [1.29, 1.82) is 0 Å². The lowest BCUT2D eigenvalue weighted by atomic mass is 10.1. The van der Waals surface area contributed by atoms with Gasteiger partial charge in [-0.15, -0.1) is 0 Å². The number of amides is 1. The summed E-state index contributed by atoms with van der Waals surface area (Å²) in [6.07, 6.45) is 0.959. The van der Waals surface area contributed by atoms with Gasteiger partial charge < -0.3 is 29.4 Å². The molecule has 1 saturated heterocycles. The number of carbonyl (C=O) groups is 2. The molecule has 1 aliphatic rings. The monoisotopic (exact) mass is 367 g/mol. The van der Waals surface area contributed by atoms with Crippen molar-refractivity contribution < 1.29 is 33.6 Å². The van der Waals surface area contributed by atoms with Crippen LogP contribution in [0.2, 0.25) is 0 Å². The Balaban J connectivity index is 1.93. The molecule has 144 valence electrons. The highest BCUT2D eigenvalue weighted by molar-refractivity contribution is 5.95. The van der Waals surface area contributed by atoms with Gasteiger partial charge in [-0.2, -0.15) is 0 Å². The lowest BCUT2D eigenvalue weighted by Gasteiger charge is -2.17. The molecular formula is C18H25NO7. The topological polar surface area (TPSA) is 103 Å². The number of hydrogen-bond donors (Lipinski definition) is 2. The highest BCUT2D eigenvalue weighted by Crippen LogP contribution is 2.28. The van der Waals surface area contributed by atoms with Gasteiger partial charge >= 0.3 is 5.97 Å². The van der Waals surface area contributed by atoms with Crippen molar-refractivity contribution in [2.24, 2.45) is 0 Å². The van der Waals surface area contributed by atoms with E-state index in [2.05, 4.69) is 5.32 Å². The van der Waals surface area contributed by atoms with E-state index in [0.717, 1.165) is 6.42 Å². The molecule has 0 aliphatic carbocycles. The first-order valence-corrected chi connectivity index (χ1v) is 8.61. The van der Waals surface area contributed by atoms with Gasteiger partial charge in [0.2, 0.25) is 0 Å². The molecule has 2 unspecified atom stereocenters. The Labute approximate surface area is 152 Å². The molecule has 0 aromatic heterocycles. The molecule has 8 heteroatoms. The molecule has 1 fully saturated rings. The second-order valence-electron chi connectivity index (χ2n) is 5.97. The second-order valence-corrected chi connectivity index (χ2v) is 5.97. The minimum absolute atomic E-state index is 0.0876. The van der Waals surface area contributed by atoms with Crippen LogP contribution in [0.4, 0.5) is 0 Å². The van der Waals surface area contributed by atoms with Gasteiger partial charge in [0.1, 0.15) is 0 Å². The Kier molecular flexibility index (Phi) is 7.68. The van der Waals surface area contributed by atoms with Gasteiger partial charge in [-0.25, -0.2) is 4.79 Å². The zero-order valence-electron chi connectivity index (χ0n) is 15.0.